The fraction of sp³-hybridized carbons (Fsp3) is 0.353. The first-order valence-corrected chi connectivity index (χ1v) is 28.3. The summed E-state index contributed by atoms with van der Waals surface area (Å²) < 4.78 is 0. The third kappa shape index (κ3) is 7.52. The number of fused-ring (bicyclic) bond motifs is 11. The Bertz CT molecular complexity index is 3730. The summed E-state index contributed by atoms with van der Waals surface area (Å²) in [4.78, 5) is 0. The van der Waals surface area contributed by atoms with Crippen LogP contribution in [0.1, 0.15) is 136 Å². The van der Waals surface area contributed by atoms with Gasteiger partial charge < -0.3 is 21.3 Å². The first kappa shape index (κ1) is 46.5. The number of anilines is 4. The van der Waals surface area contributed by atoms with Gasteiger partial charge in [0.25, 0.3) is 0 Å². The van der Waals surface area contributed by atoms with Gasteiger partial charge in [-0.05, 0) is 124 Å². The summed E-state index contributed by atoms with van der Waals surface area (Å²) in [5.74, 6) is 0. The Kier molecular flexibility index (Phi) is 12.8. The monoisotopic (exact) mass is 947 g/mol. The van der Waals surface area contributed by atoms with Crippen molar-refractivity contribution in [2.45, 2.75) is 136 Å². The molecule has 0 heterocycles. The molecular formula is C68H74N4. The van der Waals surface area contributed by atoms with Crippen molar-refractivity contribution >= 4 is 120 Å². The van der Waals surface area contributed by atoms with Gasteiger partial charge in [0.05, 0.1) is 11.4 Å². The van der Waals surface area contributed by atoms with Crippen LogP contribution in [0.2, 0.25) is 0 Å². The minimum Gasteiger partial charge on any atom is -0.388 e. The zero-order valence-corrected chi connectivity index (χ0v) is 43.6. The van der Waals surface area contributed by atoms with Gasteiger partial charge in [0, 0.05) is 69.9 Å². The molecule has 0 aliphatic heterocycles. The Hall–Kier alpha value is -6.52. The van der Waals surface area contributed by atoms with Gasteiger partial charge in [0.2, 0.25) is 0 Å². The van der Waals surface area contributed by atoms with Crippen LogP contribution in [0.5, 0.6) is 0 Å². The molecule has 72 heavy (non-hydrogen) atoms. The molecule has 0 saturated carbocycles. The van der Waals surface area contributed by atoms with Gasteiger partial charge in [-0.1, -0.05) is 202 Å². The van der Waals surface area contributed by atoms with E-state index in [2.05, 4.69) is 146 Å². The molecule has 0 bridgehead atoms. The van der Waals surface area contributed by atoms with E-state index in [0.717, 1.165) is 38.0 Å². The van der Waals surface area contributed by atoms with E-state index in [-0.39, 0.29) is 0 Å². The zero-order valence-electron chi connectivity index (χ0n) is 43.6. The standard InChI is InChI=1S/C68H74N4/c1-6-9-12-15-18-21-40-70-55-39-38-54(69-5)61-48-34-36-51-60-53(37-35-49(58(48)60)62(55)61)66-64(51)67(71-41-22-19-16-13-10-7-2)63-50-32-30-46-44-28-23-26-43-27-24-29-45(56(43)44)47-31-33-52(59(50)57(46)47)65(63)68(66)72-42(4)25-20-17-14-11-8-3/h23-24,26-39,69-72H,4,6-22,25,40-41H2,1-3,5H3. The van der Waals surface area contributed by atoms with Crippen molar-refractivity contribution < 1.29 is 0 Å². The molecule has 0 spiro atoms. The van der Waals surface area contributed by atoms with E-state index in [1.807, 2.05) is 0 Å². The van der Waals surface area contributed by atoms with Crippen molar-refractivity contribution in [2.24, 2.45) is 0 Å². The van der Waals surface area contributed by atoms with Crippen molar-refractivity contribution in [3.63, 3.8) is 0 Å². The fourth-order valence-electron chi connectivity index (χ4n) is 13.6. The lowest BCUT2D eigenvalue weighted by Crippen LogP contribution is -2.04. The van der Waals surface area contributed by atoms with E-state index in [1.165, 1.54) is 238 Å². The Morgan fingerprint density at radius 3 is 1.38 bits per heavy atom. The van der Waals surface area contributed by atoms with Gasteiger partial charge in [0.1, 0.15) is 0 Å². The highest BCUT2D eigenvalue weighted by Gasteiger charge is 2.33. The second-order valence-electron chi connectivity index (χ2n) is 21.5. The number of allylic oxidation sites excluding steroid dienone is 1. The Balaban J connectivity index is 1.11. The molecule has 0 radical (unpaired) electrons. The highest BCUT2D eigenvalue weighted by Crippen LogP contribution is 2.60. The minimum absolute atomic E-state index is 0.938. The summed E-state index contributed by atoms with van der Waals surface area (Å²) in [6, 6.07) is 38.0. The van der Waals surface area contributed by atoms with Crippen LogP contribution in [0.4, 0.5) is 22.7 Å². The maximum Gasteiger partial charge on any atom is 0.0555 e. The number of nitrogens with one attached hydrogen (secondary N) is 4. The molecule has 4 heteroatoms. The lowest BCUT2D eigenvalue weighted by atomic mass is 9.89. The second-order valence-corrected chi connectivity index (χ2v) is 21.5. The Morgan fingerprint density at radius 2 is 0.806 bits per heavy atom. The molecule has 4 nitrogen and oxygen atoms in total. The molecule has 12 rings (SSSR count). The Labute approximate surface area is 427 Å². The van der Waals surface area contributed by atoms with Crippen LogP contribution in [-0.4, -0.2) is 20.1 Å². The van der Waals surface area contributed by atoms with Gasteiger partial charge in [-0.3, -0.25) is 0 Å². The summed E-state index contributed by atoms with van der Waals surface area (Å²) in [5, 5.41) is 40.3. The van der Waals surface area contributed by atoms with Gasteiger partial charge in [0.15, 0.2) is 0 Å². The maximum absolute atomic E-state index is 4.83. The minimum atomic E-state index is 0.938. The molecule has 11 aromatic rings. The van der Waals surface area contributed by atoms with Crippen molar-refractivity contribution in [1.29, 1.82) is 0 Å². The molecule has 4 N–H and O–H groups in total. The van der Waals surface area contributed by atoms with Crippen LogP contribution >= 0.6 is 0 Å². The molecule has 0 aromatic heterocycles. The fourth-order valence-corrected chi connectivity index (χ4v) is 13.6. The van der Waals surface area contributed by atoms with Gasteiger partial charge in [-0.2, -0.15) is 0 Å². The molecule has 1 aliphatic rings. The van der Waals surface area contributed by atoms with Crippen molar-refractivity contribution in [2.75, 3.05) is 41.4 Å². The SMILES string of the molecule is C=C(CCCCCCC)Nc1c2c3ccc4c5c(ccc(c2c(NCCCCCCCC)c2c6ccc7c8cccc9cccc(c%10ccc(c12)c6c7%10)c98)c53)-c1c(NC)ccc(NCCCCCCCC)c1-4. The first-order chi connectivity index (χ1) is 35.6. The highest BCUT2D eigenvalue weighted by atomic mass is 14.9. The molecule has 1 aliphatic carbocycles. The molecule has 0 unspecified atom stereocenters. The smallest absolute Gasteiger partial charge is 0.0555 e. The molecule has 11 aromatic carbocycles. The molecule has 0 fully saturated rings. The summed E-state index contributed by atoms with van der Waals surface area (Å²) in [6.07, 6.45) is 22.5. The topological polar surface area (TPSA) is 48.1 Å². The maximum atomic E-state index is 4.83. The van der Waals surface area contributed by atoms with Crippen LogP contribution in [0.3, 0.4) is 0 Å². The van der Waals surface area contributed by atoms with Crippen LogP contribution < -0.4 is 21.3 Å². The number of rotatable bonds is 25. The average Bonchev–Trinajstić information content (AvgIpc) is 4.05. The van der Waals surface area contributed by atoms with Gasteiger partial charge in [-0.15, -0.1) is 0 Å². The summed E-state index contributed by atoms with van der Waals surface area (Å²) in [6.45, 7) is 13.7. The van der Waals surface area contributed by atoms with Crippen molar-refractivity contribution in [3.05, 3.63) is 109 Å². The van der Waals surface area contributed by atoms with E-state index >= 15 is 0 Å². The quantitative estimate of drug-likeness (QED) is 0.0200. The third-order valence-electron chi connectivity index (χ3n) is 17.0. The van der Waals surface area contributed by atoms with Gasteiger partial charge >= 0.3 is 0 Å². The number of unbranched alkanes of at least 4 members (excludes halogenated alkanes) is 14. The van der Waals surface area contributed by atoms with Gasteiger partial charge in [-0.25, -0.2) is 0 Å². The predicted octanol–water partition coefficient (Wildman–Crippen LogP) is 20.9. The van der Waals surface area contributed by atoms with E-state index in [4.69, 9.17) is 6.58 Å². The average molecular weight is 947 g/mol. The lowest BCUT2D eigenvalue weighted by molar-refractivity contribution is 0.617. The van der Waals surface area contributed by atoms with Crippen LogP contribution in [0.15, 0.2) is 109 Å². The summed E-state index contributed by atoms with van der Waals surface area (Å²) >= 11 is 0. The molecule has 0 saturated heterocycles. The second kappa shape index (κ2) is 19.8. The normalized spacial score (nSPS) is 12.5. The number of hydrogen-bond acceptors (Lipinski definition) is 4. The Morgan fingerprint density at radius 1 is 0.375 bits per heavy atom. The largest absolute Gasteiger partial charge is 0.388 e. The molecule has 0 atom stereocenters. The molecular weight excluding hydrogens is 873 g/mol. The lowest BCUT2D eigenvalue weighted by Gasteiger charge is -2.18. The van der Waals surface area contributed by atoms with Crippen LogP contribution in [0, 0.1) is 0 Å². The van der Waals surface area contributed by atoms with E-state index in [9.17, 15) is 0 Å². The first-order valence-electron chi connectivity index (χ1n) is 28.3. The molecule has 0 amide bonds. The van der Waals surface area contributed by atoms with E-state index in [1.54, 1.807) is 0 Å². The van der Waals surface area contributed by atoms with Crippen LogP contribution in [-0.2, 0) is 0 Å². The summed E-state index contributed by atoms with van der Waals surface area (Å²) in [5.41, 5.74) is 11.4. The van der Waals surface area contributed by atoms with Crippen LogP contribution in [0.25, 0.3) is 119 Å². The summed E-state index contributed by atoms with van der Waals surface area (Å²) in [7, 11) is 2.08. The van der Waals surface area contributed by atoms with E-state index < -0.39 is 0 Å². The van der Waals surface area contributed by atoms with Crippen molar-refractivity contribution in [1.82, 2.24) is 0 Å². The number of benzene rings is 9. The van der Waals surface area contributed by atoms with Crippen molar-refractivity contribution in [3.8, 4) is 22.3 Å². The third-order valence-corrected chi connectivity index (χ3v) is 17.0. The zero-order chi connectivity index (χ0) is 48.9. The number of hydrogen-bond donors (Lipinski definition) is 4. The highest BCUT2D eigenvalue weighted by molar-refractivity contribution is 6.50. The predicted molar refractivity (Wildman–Crippen MR) is 321 cm³/mol. The van der Waals surface area contributed by atoms with E-state index in [0.29, 0.717) is 0 Å². The molecule has 366 valence electrons.